The molecule has 32 heteroatoms. The molecule has 0 aliphatic carbocycles. The normalized spacial score (nSPS) is 37.7. The highest BCUT2D eigenvalue weighted by atomic mass is 16.8. The van der Waals surface area contributed by atoms with Gasteiger partial charge in [-0.25, -0.2) is 0 Å². The zero-order valence-corrected chi connectivity index (χ0v) is 49.8. The summed E-state index contributed by atoms with van der Waals surface area (Å²) in [5.41, 5.74) is 0.0716. The molecule has 88 heavy (non-hydrogen) atoms. The molecule has 1 aromatic rings. The fourth-order valence-corrected chi connectivity index (χ4v) is 11.4. The van der Waals surface area contributed by atoms with Gasteiger partial charge in [-0.2, -0.15) is 0 Å². The molecule has 0 saturated carbocycles. The molecule has 5 amide bonds. The summed E-state index contributed by atoms with van der Waals surface area (Å²) in [6.45, 7) is 2.10. The van der Waals surface area contributed by atoms with Crippen LogP contribution in [0.3, 0.4) is 0 Å². The first kappa shape index (κ1) is 72.6. The van der Waals surface area contributed by atoms with Crippen LogP contribution in [0.4, 0.5) is 0 Å². The minimum absolute atomic E-state index is 0.0716. The van der Waals surface area contributed by atoms with E-state index in [4.69, 9.17) is 47.4 Å². The number of carbonyl (C=O) groups is 5. The summed E-state index contributed by atoms with van der Waals surface area (Å²) in [6.07, 6.45) is -25.8. The van der Waals surface area contributed by atoms with Crippen molar-refractivity contribution in [3.8, 4) is 5.75 Å². The largest absolute Gasteiger partial charge is 0.494 e. The van der Waals surface area contributed by atoms with Gasteiger partial charge in [-0.3, -0.25) is 24.0 Å². The van der Waals surface area contributed by atoms with Crippen molar-refractivity contribution in [1.82, 2.24) is 26.6 Å². The van der Waals surface area contributed by atoms with Crippen molar-refractivity contribution in [1.29, 1.82) is 0 Å². The second kappa shape index (κ2) is 34.8. The predicted molar refractivity (Wildman–Crippen MR) is 297 cm³/mol. The lowest BCUT2D eigenvalue weighted by Gasteiger charge is -2.51. The number of ether oxygens (including phenoxy) is 10. The standard InChI is InChI=1S/C56H91N5O27/c1-6-7-8-9-10-11-12-13-14-18-79-30-17-15-16-29(19-30)51(77)61-37-42(72)41(71)31(20-62)81-53(37)86-48-33(22-64)83-55(39(44(48)74)59-27(4)69)88-50-35(24-66)84-56(40(46(50)76)60-28(5)70)87-49-34(23-65)82-54(38(45(49)75)58-26(3)68)85-47-32(21-63)80-52(78)36(43(47)73)57-25(2)67/h15-17,19,31-50,52-56,62-66,71-76,78H,6-14,18,20-24H2,1-5H3,(H,57,67)(H,58,68)(H,59,69)(H,60,70)(H,61,77)/t31?,32?,33?,34?,35?,36-,37?,38?,39?,40-,41+,42?,43-,44?,45?,46-,47?,48+,49+,50?,52+,53?,54?,55?,56-/m0/s1. The molecule has 1 aromatic carbocycles. The molecule has 5 heterocycles. The van der Waals surface area contributed by atoms with E-state index in [9.17, 15) is 85.3 Å². The van der Waals surface area contributed by atoms with Gasteiger partial charge in [-0.1, -0.05) is 64.4 Å². The highest BCUT2D eigenvalue weighted by Crippen LogP contribution is 2.36. The molecule has 17 N–H and O–H groups in total. The van der Waals surface area contributed by atoms with Crippen LogP contribution in [0.2, 0.25) is 0 Å². The van der Waals surface area contributed by atoms with E-state index in [0.29, 0.717) is 12.4 Å². The molecule has 32 nitrogen and oxygen atoms in total. The van der Waals surface area contributed by atoms with Gasteiger partial charge in [-0.15, -0.1) is 0 Å². The lowest BCUT2D eigenvalue weighted by molar-refractivity contribution is -0.367. The van der Waals surface area contributed by atoms with Crippen molar-refractivity contribution in [2.45, 2.75) is 246 Å². The van der Waals surface area contributed by atoms with Crippen LogP contribution in [-0.4, -0.2) is 284 Å². The Labute approximate surface area is 508 Å². The zero-order valence-electron chi connectivity index (χ0n) is 49.8. The van der Waals surface area contributed by atoms with E-state index >= 15 is 0 Å². The summed E-state index contributed by atoms with van der Waals surface area (Å²) < 4.78 is 59.9. The van der Waals surface area contributed by atoms with E-state index in [1.165, 1.54) is 44.2 Å². The highest BCUT2D eigenvalue weighted by molar-refractivity contribution is 5.94. The molecule has 0 radical (unpaired) electrons. The summed E-state index contributed by atoms with van der Waals surface area (Å²) in [7, 11) is 0. The molecular weight excluding hydrogens is 1170 g/mol. The fourth-order valence-electron chi connectivity index (χ4n) is 11.4. The Balaban J connectivity index is 1.18. The molecule has 502 valence electrons. The molecule has 6 rings (SSSR count). The van der Waals surface area contributed by atoms with Gasteiger partial charge in [-0.05, 0) is 24.6 Å². The minimum atomic E-state index is -2.03. The number of nitrogens with one attached hydrogen (secondary N) is 5. The Morgan fingerprint density at radius 3 is 1.15 bits per heavy atom. The number of aliphatic hydroxyl groups excluding tert-OH is 12. The van der Waals surface area contributed by atoms with E-state index in [-0.39, 0.29) is 5.56 Å². The number of benzene rings is 1. The van der Waals surface area contributed by atoms with Crippen LogP contribution in [0.5, 0.6) is 5.75 Å². The van der Waals surface area contributed by atoms with Gasteiger partial charge in [0.15, 0.2) is 31.5 Å². The van der Waals surface area contributed by atoms with Crippen LogP contribution in [0.1, 0.15) is 103 Å². The maximum absolute atomic E-state index is 13.9. The van der Waals surface area contributed by atoms with Crippen LogP contribution < -0.4 is 31.3 Å². The fraction of sp³-hybridized carbons (Fsp3) is 0.804. The number of unbranched alkanes of at least 4 members (excludes halogenated alkanes) is 8. The average molecular weight is 1270 g/mol. The van der Waals surface area contributed by atoms with E-state index in [0.717, 1.165) is 53.4 Å². The summed E-state index contributed by atoms with van der Waals surface area (Å²) >= 11 is 0. The highest BCUT2D eigenvalue weighted by Gasteiger charge is 2.58. The predicted octanol–water partition coefficient (Wildman–Crippen LogP) is -6.00. The maximum Gasteiger partial charge on any atom is 0.251 e. The summed E-state index contributed by atoms with van der Waals surface area (Å²) in [6, 6.07) is -2.10. The number of carbonyl (C=O) groups excluding carboxylic acids is 5. The first-order chi connectivity index (χ1) is 42.0. The molecule has 16 unspecified atom stereocenters. The third-order valence-corrected chi connectivity index (χ3v) is 15.9. The molecular formula is C56H91N5O27. The van der Waals surface area contributed by atoms with Crippen molar-refractivity contribution in [2.75, 3.05) is 39.6 Å². The Hall–Kier alpha value is -4.47. The smallest absolute Gasteiger partial charge is 0.251 e. The lowest BCUT2D eigenvalue weighted by Crippen LogP contribution is -2.72. The monoisotopic (exact) mass is 1270 g/mol. The Morgan fingerprint density at radius 1 is 0.420 bits per heavy atom. The van der Waals surface area contributed by atoms with Crippen molar-refractivity contribution in [3.63, 3.8) is 0 Å². The number of aliphatic hydroxyl groups is 12. The Kier molecular flexibility index (Phi) is 28.7. The second-order valence-electron chi connectivity index (χ2n) is 22.6. The van der Waals surface area contributed by atoms with E-state index < -0.39 is 216 Å². The third-order valence-electron chi connectivity index (χ3n) is 15.9. The van der Waals surface area contributed by atoms with Crippen molar-refractivity contribution in [3.05, 3.63) is 29.8 Å². The first-order valence-electron chi connectivity index (χ1n) is 29.8. The van der Waals surface area contributed by atoms with Gasteiger partial charge >= 0.3 is 0 Å². The van der Waals surface area contributed by atoms with Gasteiger partial charge in [0.05, 0.1) is 39.6 Å². The van der Waals surface area contributed by atoms with Crippen molar-refractivity contribution < 1.29 is 133 Å². The Bertz CT molecular complexity index is 2350. The summed E-state index contributed by atoms with van der Waals surface area (Å²) in [4.78, 5) is 64.1. The molecule has 5 aliphatic heterocycles. The number of amides is 5. The third kappa shape index (κ3) is 18.8. The maximum atomic E-state index is 13.9. The number of hydrogen-bond donors (Lipinski definition) is 17. The molecule has 5 fully saturated rings. The van der Waals surface area contributed by atoms with Gasteiger partial charge in [0.2, 0.25) is 23.6 Å². The first-order valence-corrected chi connectivity index (χ1v) is 29.8. The van der Waals surface area contributed by atoms with Crippen molar-refractivity contribution in [2.24, 2.45) is 0 Å². The van der Waals surface area contributed by atoms with Crippen LogP contribution in [0.15, 0.2) is 24.3 Å². The average Bonchev–Trinajstić information content (AvgIpc) is 1.74. The van der Waals surface area contributed by atoms with E-state index in [1.54, 1.807) is 12.1 Å². The lowest BCUT2D eigenvalue weighted by atomic mass is 9.93. The van der Waals surface area contributed by atoms with Gasteiger partial charge in [0, 0.05) is 33.3 Å². The van der Waals surface area contributed by atoms with Crippen LogP contribution in [-0.2, 0) is 61.8 Å². The summed E-state index contributed by atoms with van der Waals surface area (Å²) in [5, 5.41) is 145. The molecule has 0 spiro atoms. The van der Waals surface area contributed by atoms with E-state index in [2.05, 4.69) is 33.5 Å². The van der Waals surface area contributed by atoms with Gasteiger partial charge in [0.1, 0.15) is 128 Å². The van der Waals surface area contributed by atoms with Crippen molar-refractivity contribution >= 4 is 29.5 Å². The quantitative estimate of drug-likeness (QED) is 0.0319. The van der Waals surface area contributed by atoms with Crippen LogP contribution in [0, 0.1) is 0 Å². The van der Waals surface area contributed by atoms with Crippen LogP contribution in [0.25, 0.3) is 0 Å². The topological polar surface area (TPSA) is 481 Å². The molecule has 25 atom stereocenters. The number of rotatable bonds is 30. The number of hydrogen-bond acceptors (Lipinski definition) is 27. The Morgan fingerprint density at radius 2 is 0.761 bits per heavy atom. The molecule has 5 aliphatic rings. The van der Waals surface area contributed by atoms with Crippen LogP contribution >= 0.6 is 0 Å². The van der Waals surface area contributed by atoms with E-state index in [1.807, 2.05) is 0 Å². The summed E-state index contributed by atoms with van der Waals surface area (Å²) in [5.74, 6) is -3.50. The zero-order chi connectivity index (χ0) is 64.5. The van der Waals surface area contributed by atoms with Gasteiger partial charge in [0.25, 0.3) is 5.91 Å². The molecule has 5 saturated heterocycles. The van der Waals surface area contributed by atoms with Gasteiger partial charge < -0.3 is 135 Å². The SMILES string of the molecule is CCCCCCCCCCCOc1cccc(C(=O)NC2C(O[C@@H]3C(CO)OC(OC4C(CO)O[C@@H](O[C@@H]5C(CO)OC(OC6C(CO)O[C@@H](O)[C@@H](NC(C)=O)[C@@H]6O)C(NC(C)=O)C5O)[C@@H](NC(C)=O)[C@@H]4O)C(NC(C)=O)C3O)OC(CO)[C@@H](O)C2O)c1. The second-order valence-corrected chi connectivity index (χ2v) is 22.6. The molecule has 0 aromatic heterocycles. The molecule has 0 bridgehead atoms. The minimum Gasteiger partial charge on any atom is -0.494 e.